The molecule has 6 heteroatoms. The zero-order valence-electron chi connectivity index (χ0n) is 9.93. The highest BCUT2D eigenvalue weighted by molar-refractivity contribution is 6.51. The fraction of sp³-hybridized carbons (Fsp3) is 0.636. The number of likely N-dealkylation sites (N-methyl/N-ethyl adjacent to an activating group) is 1. The number of allylic oxidation sites excluding steroid dienone is 2. The highest BCUT2D eigenvalue weighted by Crippen LogP contribution is 2.27. The van der Waals surface area contributed by atoms with E-state index in [9.17, 15) is 9.59 Å². The summed E-state index contributed by atoms with van der Waals surface area (Å²) in [6, 6.07) is 0. The fourth-order valence-electron chi connectivity index (χ4n) is 2.09. The average Bonchev–Trinajstić information content (AvgIpc) is 2.27. The van der Waals surface area contributed by atoms with Crippen molar-refractivity contribution in [2.45, 2.75) is 25.1 Å². The molecule has 1 heterocycles. The summed E-state index contributed by atoms with van der Waals surface area (Å²) in [6.07, 6.45) is 6.97. The van der Waals surface area contributed by atoms with Crippen molar-refractivity contribution < 1.29 is 18.9 Å². The van der Waals surface area contributed by atoms with Crippen LogP contribution in [0.3, 0.4) is 0 Å². The van der Waals surface area contributed by atoms with Crippen molar-refractivity contribution in [2.24, 2.45) is 0 Å². The quantitative estimate of drug-likeness (QED) is 0.494. The third-order valence-electron chi connectivity index (χ3n) is 2.93. The first-order chi connectivity index (χ1) is 8.15. The fourth-order valence-corrected chi connectivity index (χ4v) is 2.09. The van der Waals surface area contributed by atoms with Crippen LogP contribution in [-0.4, -0.2) is 44.1 Å². The van der Waals surface area contributed by atoms with Gasteiger partial charge in [-0.15, -0.1) is 0 Å². The van der Waals surface area contributed by atoms with Crippen LogP contribution in [0.25, 0.3) is 0 Å². The summed E-state index contributed by atoms with van der Waals surface area (Å²) in [6.45, 7) is 0.254. The standard InChI is InChI=1S/C11H16BNO4/c1-13-7-10(14)16-12(17-11(15)8-13)9-5-3-2-4-6-9/h3,5,9H,2,4,6-8H2,1H3. The van der Waals surface area contributed by atoms with Gasteiger partial charge in [0.15, 0.2) is 0 Å². The second-order valence-corrected chi connectivity index (χ2v) is 4.54. The van der Waals surface area contributed by atoms with Crippen molar-refractivity contribution in [1.29, 1.82) is 0 Å². The van der Waals surface area contributed by atoms with Crippen molar-refractivity contribution in [3.63, 3.8) is 0 Å². The molecule has 1 fully saturated rings. The molecule has 0 N–H and O–H groups in total. The van der Waals surface area contributed by atoms with Gasteiger partial charge in [-0.3, -0.25) is 14.5 Å². The molecule has 2 aliphatic rings. The maximum absolute atomic E-state index is 11.5. The van der Waals surface area contributed by atoms with Gasteiger partial charge in [0, 0.05) is 5.82 Å². The number of carbonyl (C=O) groups excluding carboxylic acids is 2. The number of hydrogen-bond acceptors (Lipinski definition) is 5. The van der Waals surface area contributed by atoms with E-state index in [2.05, 4.69) is 0 Å². The third kappa shape index (κ3) is 3.33. The predicted octanol–water partition coefficient (Wildman–Crippen LogP) is 0.617. The predicted molar refractivity (Wildman–Crippen MR) is 62.2 cm³/mol. The Hall–Kier alpha value is -1.30. The van der Waals surface area contributed by atoms with Gasteiger partial charge in [-0.1, -0.05) is 12.2 Å². The minimum atomic E-state index is -0.750. The zero-order chi connectivity index (χ0) is 12.3. The highest BCUT2D eigenvalue weighted by Gasteiger charge is 2.38. The topological polar surface area (TPSA) is 55.8 Å². The molecule has 0 aromatic rings. The summed E-state index contributed by atoms with van der Waals surface area (Å²) in [4.78, 5) is 24.6. The number of carbonyl (C=O) groups is 2. The van der Waals surface area contributed by atoms with Gasteiger partial charge in [-0.25, -0.2) is 0 Å². The molecule has 1 unspecified atom stereocenters. The van der Waals surface area contributed by atoms with Crippen molar-refractivity contribution in [3.8, 4) is 0 Å². The normalized spacial score (nSPS) is 27.1. The first-order valence-electron chi connectivity index (χ1n) is 5.89. The molecular formula is C11H16BNO4. The Labute approximate surface area is 101 Å². The molecule has 1 saturated heterocycles. The number of rotatable bonds is 1. The van der Waals surface area contributed by atoms with Crippen LogP contribution in [0.4, 0.5) is 0 Å². The van der Waals surface area contributed by atoms with E-state index in [1.54, 1.807) is 11.9 Å². The van der Waals surface area contributed by atoms with E-state index < -0.39 is 7.12 Å². The molecule has 0 spiro atoms. The maximum atomic E-state index is 11.5. The summed E-state index contributed by atoms with van der Waals surface area (Å²) >= 11 is 0. The Morgan fingerprint density at radius 3 is 2.47 bits per heavy atom. The van der Waals surface area contributed by atoms with Crippen LogP contribution in [0.1, 0.15) is 19.3 Å². The Bertz CT molecular complexity index is 324. The number of nitrogens with zero attached hydrogens (tertiary/aromatic N) is 1. The minimum Gasteiger partial charge on any atom is -0.498 e. The Balaban J connectivity index is 2.04. The largest absolute Gasteiger partial charge is 0.605 e. The molecule has 1 aliphatic heterocycles. The summed E-state index contributed by atoms with van der Waals surface area (Å²) < 4.78 is 10.4. The van der Waals surface area contributed by atoms with Crippen molar-refractivity contribution >= 4 is 19.1 Å². The smallest absolute Gasteiger partial charge is 0.498 e. The second kappa shape index (κ2) is 5.36. The molecule has 2 rings (SSSR count). The van der Waals surface area contributed by atoms with E-state index in [1.807, 2.05) is 12.2 Å². The first kappa shape index (κ1) is 12.2. The highest BCUT2D eigenvalue weighted by atomic mass is 16.6. The van der Waals surface area contributed by atoms with Gasteiger partial charge >= 0.3 is 19.1 Å². The van der Waals surface area contributed by atoms with Gasteiger partial charge in [0.2, 0.25) is 0 Å². The molecule has 92 valence electrons. The second-order valence-electron chi connectivity index (χ2n) is 4.54. The molecule has 0 bridgehead atoms. The average molecular weight is 237 g/mol. The van der Waals surface area contributed by atoms with Gasteiger partial charge in [0.25, 0.3) is 0 Å². The molecule has 0 aromatic heterocycles. The van der Waals surface area contributed by atoms with Gasteiger partial charge < -0.3 is 9.31 Å². The molecule has 0 saturated carbocycles. The lowest BCUT2D eigenvalue weighted by atomic mass is 9.67. The Morgan fingerprint density at radius 1 is 1.29 bits per heavy atom. The van der Waals surface area contributed by atoms with Crippen LogP contribution in [0.2, 0.25) is 5.82 Å². The van der Waals surface area contributed by atoms with Gasteiger partial charge in [0.05, 0.1) is 13.1 Å². The monoisotopic (exact) mass is 237 g/mol. The minimum absolute atomic E-state index is 0.0000520. The van der Waals surface area contributed by atoms with Gasteiger partial charge in [0.1, 0.15) is 0 Å². The maximum Gasteiger partial charge on any atom is 0.605 e. The molecule has 1 aliphatic carbocycles. The molecule has 0 radical (unpaired) electrons. The first-order valence-corrected chi connectivity index (χ1v) is 5.89. The zero-order valence-corrected chi connectivity index (χ0v) is 9.93. The van der Waals surface area contributed by atoms with E-state index in [4.69, 9.17) is 9.31 Å². The van der Waals surface area contributed by atoms with E-state index in [1.165, 1.54) is 0 Å². The number of hydrogen-bond donors (Lipinski definition) is 0. The van der Waals surface area contributed by atoms with Crippen LogP contribution in [0.15, 0.2) is 12.2 Å². The van der Waals surface area contributed by atoms with E-state index >= 15 is 0 Å². The van der Waals surface area contributed by atoms with Crippen molar-refractivity contribution in [2.75, 3.05) is 20.1 Å². The molecule has 1 atom stereocenters. The summed E-state index contributed by atoms with van der Waals surface area (Å²) in [5.41, 5.74) is 0. The summed E-state index contributed by atoms with van der Waals surface area (Å²) in [7, 11) is 0.934. The Kier molecular flexibility index (Phi) is 3.84. The lowest BCUT2D eigenvalue weighted by molar-refractivity contribution is -0.145. The van der Waals surface area contributed by atoms with E-state index in [0.717, 1.165) is 19.3 Å². The summed E-state index contributed by atoms with van der Waals surface area (Å²) in [5.74, 6) is -0.687. The van der Waals surface area contributed by atoms with Crippen LogP contribution >= 0.6 is 0 Å². The van der Waals surface area contributed by atoms with E-state index in [0.29, 0.717) is 0 Å². The SMILES string of the molecule is CN1CC(=O)OB(C2C=CCCC2)OC(=O)C1. The van der Waals surface area contributed by atoms with Crippen LogP contribution in [0, 0.1) is 0 Å². The van der Waals surface area contributed by atoms with Gasteiger partial charge in [-0.05, 0) is 26.3 Å². The molecular weight excluding hydrogens is 221 g/mol. The van der Waals surface area contributed by atoms with Crippen molar-refractivity contribution in [3.05, 3.63) is 12.2 Å². The van der Waals surface area contributed by atoms with Crippen LogP contribution in [0.5, 0.6) is 0 Å². The molecule has 5 nitrogen and oxygen atoms in total. The molecule has 17 heavy (non-hydrogen) atoms. The van der Waals surface area contributed by atoms with Crippen LogP contribution in [-0.2, 0) is 18.9 Å². The molecule has 0 aromatic carbocycles. The molecule has 0 amide bonds. The van der Waals surface area contributed by atoms with Gasteiger partial charge in [-0.2, -0.15) is 0 Å². The van der Waals surface area contributed by atoms with E-state index in [-0.39, 0.29) is 30.8 Å². The summed E-state index contributed by atoms with van der Waals surface area (Å²) in [5, 5.41) is 0. The van der Waals surface area contributed by atoms with Crippen LogP contribution < -0.4 is 0 Å². The Morgan fingerprint density at radius 2 is 1.94 bits per heavy atom. The lowest BCUT2D eigenvalue weighted by Crippen LogP contribution is -2.44. The third-order valence-corrected chi connectivity index (χ3v) is 2.93. The lowest BCUT2D eigenvalue weighted by Gasteiger charge is -2.26. The van der Waals surface area contributed by atoms with Crippen molar-refractivity contribution in [1.82, 2.24) is 4.90 Å².